The van der Waals surface area contributed by atoms with Crippen LogP contribution in [0.15, 0.2) is 53.2 Å². The number of hydrogen-bond acceptors (Lipinski definition) is 8. The number of pyridine rings is 2. The Kier molecular flexibility index (Phi) is 5.60. The molecule has 3 N–H and O–H groups in total. The molecule has 1 atom stereocenters. The normalized spacial score (nSPS) is 15.8. The summed E-state index contributed by atoms with van der Waals surface area (Å²) < 4.78 is 17.4. The van der Waals surface area contributed by atoms with Crippen LogP contribution in [0.5, 0.6) is 11.5 Å². The minimum absolute atomic E-state index is 0.341. The SMILES string of the molecule is COc1cc(-c2cnc(N)c(-c3nc4cccnc4o3)c2)ccc1OCCC1CCCN1. The molecule has 32 heavy (non-hydrogen) atoms. The zero-order valence-corrected chi connectivity index (χ0v) is 17.9. The van der Waals surface area contributed by atoms with Crippen molar-refractivity contribution in [1.29, 1.82) is 0 Å². The Morgan fingerprint density at radius 3 is 2.91 bits per heavy atom. The van der Waals surface area contributed by atoms with Crippen LogP contribution >= 0.6 is 0 Å². The Morgan fingerprint density at radius 1 is 1.16 bits per heavy atom. The number of anilines is 1. The third-order valence-corrected chi connectivity index (χ3v) is 5.70. The second kappa shape index (κ2) is 8.84. The average Bonchev–Trinajstić information content (AvgIpc) is 3.49. The van der Waals surface area contributed by atoms with E-state index in [1.54, 1.807) is 19.5 Å². The van der Waals surface area contributed by atoms with E-state index in [9.17, 15) is 0 Å². The number of hydrogen-bond donors (Lipinski definition) is 2. The lowest BCUT2D eigenvalue weighted by molar-refractivity contribution is 0.275. The monoisotopic (exact) mass is 431 g/mol. The highest BCUT2D eigenvalue weighted by Crippen LogP contribution is 2.35. The number of nitrogens with two attached hydrogens (primary N) is 1. The number of aromatic nitrogens is 3. The smallest absolute Gasteiger partial charge is 0.247 e. The third kappa shape index (κ3) is 4.09. The molecule has 1 saturated heterocycles. The Balaban J connectivity index is 1.39. The topological polar surface area (TPSA) is 108 Å². The van der Waals surface area contributed by atoms with Crippen molar-refractivity contribution in [3.8, 4) is 34.1 Å². The molecule has 1 aromatic carbocycles. The summed E-state index contributed by atoms with van der Waals surface area (Å²) in [6.45, 7) is 1.74. The number of nitrogen functional groups attached to an aromatic ring is 1. The lowest BCUT2D eigenvalue weighted by Crippen LogP contribution is -2.23. The Labute approximate surface area is 185 Å². The van der Waals surface area contributed by atoms with Crippen LogP contribution in [0.2, 0.25) is 0 Å². The van der Waals surface area contributed by atoms with Gasteiger partial charge in [-0.15, -0.1) is 0 Å². The number of ether oxygens (including phenoxy) is 2. The molecule has 1 fully saturated rings. The van der Waals surface area contributed by atoms with Crippen LogP contribution in [0.1, 0.15) is 19.3 Å². The molecule has 4 heterocycles. The molecule has 0 saturated carbocycles. The van der Waals surface area contributed by atoms with E-state index in [4.69, 9.17) is 19.6 Å². The predicted molar refractivity (Wildman–Crippen MR) is 123 cm³/mol. The van der Waals surface area contributed by atoms with E-state index >= 15 is 0 Å². The van der Waals surface area contributed by atoms with Gasteiger partial charge in [-0.05, 0) is 61.7 Å². The lowest BCUT2D eigenvalue weighted by Gasteiger charge is -2.14. The van der Waals surface area contributed by atoms with Crippen LogP contribution in [0, 0.1) is 0 Å². The number of nitrogens with one attached hydrogen (secondary N) is 1. The maximum Gasteiger partial charge on any atom is 0.247 e. The van der Waals surface area contributed by atoms with Gasteiger partial charge in [0.15, 0.2) is 11.5 Å². The van der Waals surface area contributed by atoms with Crippen LogP contribution < -0.4 is 20.5 Å². The zero-order valence-electron chi connectivity index (χ0n) is 17.9. The van der Waals surface area contributed by atoms with Gasteiger partial charge in [-0.3, -0.25) is 0 Å². The van der Waals surface area contributed by atoms with E-state index in [1.807, 2.05) is 36.4 Å². The molecule has 8 nitrogen and oxygen atoms in total. The van der Waals surface area contributed by atoms with Crippen molar-refractivity contribution in [2.45, 2.75) is 25.3 Å². The van der Waals surface area contributed by atoms with Gasteiger partial charge in [-0.25, -0.2) is 15.0 Å². The quantitative estimate of drug-likeness (QED) is 0.451. The van der Waals surface area contributed by atoms with Crippen LogP contribution in [0.4, 0.5) is 5.82 Å². The van der Waals surface area contributed by atoms with Crippen LogP contribution in [0.25, 0.3) is 33.8 Å². The standard InChI is InChI=1S/C24H25N5O3/c1-30-21-13-15(6-7-20(21)31-11-8-17-4-2-9-26-17)16-12-18(22(25)28-14-16)23-29-19-5-3-10-27-24(19)32-23/h3,5-7,10,12-14,17,26H,2,4,8-9,11H2,1H3,(H2,25,28). The van der Waals surface area contributed by atoms with E-state index in [0.29, 0.717) is 46.9 Å². The molecule has 5 rings (SSSR count). The van der Waals surface area contributed by atoms with Crippen LogP contribution in [-0.4, -0.2) is 41.3 Å². The largest absolute Gasteiger partial charge is 0.493 e. The molecule has 3 aromatic heterocycles. The van der Waals surface area contributed by atoms with Gasteiger partial charge >= 0.3 is 0 Å². The van der Waals surface area contributed by atoms with Crippen molar-refractivity contribution in [1.82, 2.24) is 20.3 Å². The highest BCUT2D eigenvalue weighted by molar-refractivity contribution is 5.79. The van der Waals surface area contributed by atoms with Crippen molar-refractivity contribution in [3.05, 3.63) is 48.8 Å². The first kappa shape index (κ1) is 20.3. The second-order valence-corrected chi connectivity index (χ2v) is 7.80. The van der Waals surface area contributed by atoms with Crippen molar-refractivity contribution < 1.29 is 13.9 Å². The Bertz CT molecular complexity index is 1200. The molecular formula is C24H25N5O3. The summed E-state index contributed by atoms with van der Waals surface area (Å²) in [5, 5.41) is 3.49. The Morgan fingerprint density at radius 2 is 2.09 bits per heavy atom. The van der Waals surface area contributed by atoms with Crippen molar-refractivity contribution in [2.75, 3.05) is 26.0 Å². The molecule has 0 amide bonds. The fraction of sp³-hybridized carbons (Fsp3) is 0.292. The second-order valence-electron chi connectivity index (χ2n) is 7.80. The first-order valence-electron chi connectivity index (χ1n) is 10.7. The van der Waals surface area contributed by atoms with E-state index in [0.717, 1.165) is 29.8 Å². The molecule has 1 aliphatic heterocycles. The Hall–Kier alpha value is -3.65. The van der Waals surface area contributed by atoms with E-state index in [2.05, 4.69) is 20.3 Å². The van der Waals surface area contributed by atoms with Gasteiger partial charge in [0.05, 0.1) is 19.3 Å². The summed E-state index contributed by atoms with van der Waals surface area (Å²) in [6, 6.07) is 12.0. The van der Waals surface area contributed by atoms with Crippen molar-refractivity contribution >= 4 is 17.0 Å². The molecule has 164 valence electrons. The molecule has 0 bridgehead atoms. The van der Waals surface area contributed by atoms with E-state index < -0.39 is 0 Å². The first-order chi connectivity index (χ1) is 15.7. The molecule has 1 unspecified atom stereocenters. The molecule has 0 aliphatic carbocycles. The summed E-state index contributed by atoms with van der Waals surface area (Å²) >= 11 is 0. The minimum Gasteiger partial charge on any atom is -0.493 e. The maximum atomic E-state index is 6.13. The minimum atomic E-state index is 0.341. The number of benzene rings is 1. The van der Waals surface area contributed by atoms with Gasteiger partial charge in [0.1, 0.15) is 11.3 Å². The third-order valence-electron chi connectivity index (χ3n) is 5.70. The van der Waals surface area contributed by atoms with Crippen LogP contribution in [0.3, 0.4) is 0 Å². The summed E-state index contributed by atoms with van der Waals surface area (Å²) in [4.78, 5) is 13.0. The molecule has 0 spiro atoms. The fourth-order valence-electron chi connectivity index (χ4n) is 3.97. The van der Waals surface area contributed by atoms with Crippen molar-refractivity contribution in [2.24, 2.45) is 0 Å². The molecule has 8 heteroatoms. The molecular weight excluding hydrogens is 406 g/mol. The van der Waals surface area contributed by atoms with E-state index in [1.165, 1.54) is 12.8 Å². The summed E-state index contributed by atoms with van der Waals surface area (Å²) in [6.07, 6.45) is 6.81. The number of rotatable bonds is 7. The first-order valence-corrected chi connectivity index (χ1v) is 10.7. The lowest BCUT2D eigenvalue weighted by atomic mass is 10.0. The van der Waals surface area contributed by atoms with Gasteiger partial charge in [-0.1, -0.05) is 6.07 Å². The average molecular weight is 431 g/mol. The number of oxazole rings is 1. The molecule has 4 aromatic rings. The maximum absolute atomic E-state index is 6.13. The van der Waals surface area contributed by atoms with Gasteiger partial charge in [-0.2, -0.15) is 0 Å². The zero-order chi connectivity index (χ0) is 21.9. The summed E-state index contributed by atoms with van der Waals surface area (Å²) in [5.74, 6) is 2.12. The number of nitrogens with zero attached hydrogens (tertiary/aromatic N) is 3. The van der Waals surface area contributed by atoms with Gasteiger partial charge in [0, 0.05) is 24.0 Å². The summed E-state index contributed by atoms with van der Waals surface area (Å²) in [7, 11) is 1.64. The van der Waals surface area contributed by atoms with E-state index in [-0.39, 0.29) is 0 Å². The highest BCUT2D eigenvalue weighted by Gasteiger charge is 2.16. The van der Waals surface area contributed by atoms with Gasteiger partial charge in [0.25, 0.3) is 0 Å². The number of methoxy groups -OCH3 is 1. The number of fused-ring (bicyclic) bond motifs is 1. The van der Waals surface area contributed by atoms with Gasteiger partial charge < -0.3 is 24.9 Å². The van der Waals surface area contributed by atoms with Gasteiger partial charge in [0.2, 0.25) is 11.6 Å². The fourth-order valence-corrected chi connectivity index (χ4v) is 3.97. The highest BCUT2D eigenvalue weighted by atomic mass is 16.5. The molecule has 0 radical (unpaired) electrons. The van der Waals surface area contributed by atoms with Crippen LogP contribution in [-0.2, 0) is 0 Å². The molecule has 1 aliphatic rings. The van der Waals surface area contributed by atoms with Crippen molar-refractivity contribution in [3.63, 3.8) is 0 Å². The summed E-state index contributed by atoms with van der Waals surface area (Å²) in [5.41, 5.74) is 9.66. The predicted octanol–water partition coefficient (Wildman–Crippen LogP) is 4.06.